The molecule has 1 N–H and O–H groups in total. The summed E-state index contributed by atoms with van der Waals surface area (Å²) in [5.74, 6) is -0.0691. The Morgan fingerprint density at radius 3 is 2.24 bits per heavy atom. The molecule has 1 amide bonds. The number of aryl methyl sites for hydroxylation is 3. The molecule has 0 unspecified atom stereocenters. The number of hydrogen-bond acceptors (Lipinski definition) is 4. The van der Waals surface area contributed by atoms with E-state index in [1.807, 2.05) is 63.2 Å². The normalized spacial score (nSPS) is 10.4. The minimum Gasteiger partial charge on any atom is -0.456 e. The highest BCUT2D eigenvalue weighted by atomic mass is 32.2. The number of rotatable bonds is 7. The first-order valence-electron chi connectivity index (χ1n) is 8.15. The summed E-state index contributed by atoms with van der Waals surface area (Å²) in [5, 5.41) is 2.74. The van der Waals surface area contributed by atoms with Crippen LogP contribution in [-0.2, 0) is 14.3 Å². The number of carbonyl (C=O) groups is 2. The highest BCUT2D eigenvalue weighted by molar-refractivity contribution is 7.99. The largest absolute Gasteiger partial charge is 0.456 e. The van der Waals surface area contributed by atoms with E-state index in [2.05, 4.69) is 5.32 Å². The predicted octanol–water partition coefficient (Wildman–Crippen LogP) is 4.28. The van der Waals surface area contributed by atoms with Gasteiger partial charge in [-0.05, 0) is 56.2 Å². The van der Waals surface area contributed by atoms with Gasteiger partial charge in [-0.3, -0.25) is 9.59 Å². The van der Waals surface area contributed by atoms with Crippen LogP contribution in [0.25, 0.3) is 0 Å². The van der Waals surface area contributed by atoms with Gasteiger partial charge in [0.15, 0.2) is 6.61 Å². The van der Waals surface area contributed by atoms with Crippen LogP contribution >= 0.6 is 11.8 Å². The zero-order chi connectivity index (χ0) is 18.2. The van der Waals surface area contributed by atoms with Gasteiger partial charge in [-0.1, -0.05) is 23.8 Å². The van der Waals surface area contributed by atoms with Crippen molar-refractivity contribution in [1.29, 1.82) is 0 Å². The Balaban J connectivity index is 1.68. The Labute approximate surface area is 153 Å². The van der Waals surface area contributed by atoms with E-state index in [4.69, 9.17) is 4.74 Å². The van der Waals surface area contributed by atoms with Crippen LogP contribution in [0.15, 0.2) is 47.4 Å². The molecule has 0 atom stereocenters. The highest BCUT2D eigenvalue weighted by Gasteiger charge is 2.08. The SMILES string of the molecule is Cc1ccc(SCCC(=O)OCC(=O)Nc2cc(C)cc(C)c2)cc1. The second-order valence-electron chi connectivity index (χ2n) is 6.00. The van der Waals surface area contributed by atoms with Crippen LogP contribution in [0.2, 0.25) is 0 Å². The van der Waals surface area contributed by atoms with Gasteiger partial charge < -0.3 is 10.1 Å². The van der Waals surface area contributed by atoms with Crippen molar-refractivity contribution < 1.29 is 14.3 Å². The summed E-state index contributed by atoms with van der Waals surface area (Å²) in [6, 6.07) is 13.9. The zero-order valence-corrected chi connectivity index (χ0v) is 15.6. The first-order valence-corrected chi connectivity index (χ1v) is 9.14. The molecule has 5 heteroatoms. The first kappa shape index (κ1) is 19.1. The highest BCUT2D eigenvalue weighted by Crippen LogP contribution is 2.19. The van der Waals surface area contributed by atoms with Gasteiger partial charge in [0.2, 0.25) is 0 Å². The lowest BCUT2D eigenvalue weighted by molar-refractivity contribution is -0.146. The fraction of sp³-hybridized carbons (Fsp3) is 0.300. The summed E-state index contributed by atoms with van der Waals surface area (Å²) in [5.41, 5.74) is 4.06. The average Bonchev–Trinajstić information content (AvgIpc) is 2.54. The molecule has 2 aromatic rings. The van der Waals surface area contributed by atoms with Gasteiger partial charge in [-0.25, -0.2) is 0 Å². The van der Waals surface area contributed by atoms with Crippen molar-refractivity contribution >= 4 is 29.3 Å². The van der Waals surface area contributed by atoms with Gasteiger partial charge in [-0.15, -0.1) is 11.8 Å². The molecule has 0 heterocycles. The Kier molecular flexibility index (Phi) is 7.07. The van der Waals surface area contributed by atoms with E-state index >= 15 is 0 Å². The standard InChI is InChI=1S/C20H23NO3S/c1-14-4-6-18(7-5-14)25-9-8-20(23)24-13-19(22)21-17-11-15(2)10-16(3)12-17/h4-7,10-12H,8-9,13H2,1-3H3,(H,21,22). The van der Waals surface area contributed by atoms with Crippen molar-refractivity contribution in [2.24, 2.45) is 0 Å². The Morgan fingerprint density at radius 2 is 1.60 bits per heavy atom. The molecule has 0 saturated heterocycles. The molecule has 0 aliphatic carbocycles. The molecular formula is C20H23NO3S. The van der Waals surface area contributed by atoms with Crippen molar-refractivity contribution in [3.05, 3.63) is 59.2 Å². The van der Waals surface area contributed by atoms with Crippen molar-refractivity contribution in [3.63, 3.8) is 0 Å². The van der Waals surface area contributed by atoms with E-state index in [0.29, 0.717) is 11.4 Å². The minimum atomic E-state index is -0.366. The fourth-order valence-corrected chi connectivity index (χ4v) is 3.18. The molecule has 0 bridgehead atoms. The van der Waals surface area contributed by atoms with Gasteiger partial charge >= 0.3 is 5.97 Å². The molecule has 25 heavy (non-hydrogen) atoms. The van der Waals surface area contributed by atoms with Crippen molar-refractivity contribution in [3.8, 4) is 0 Å². The minimum absolute atomic E-state index is 0.263. The monoisotopic (exact) mass is 357 g/mol. The molecule has 2 rings (SSSR count). The van der Waals surface area contributed by atoms with E-state index in [1.165, 1.54) is 5.56 Å². The molecule has 0 aromatic heterocycles. The van der Waals surface area contributed by atoms with Gasteiger partial charge in [0.1, 0.15) is 0 Å². The third-order valence-corrected chi connectivity index (χ3v) is 4.48. The summed E-state index contributed by atoms with van der Waals surface area (Å²) in [4.78, 5) is 24.7. The smallest absolute Gasteiger partial charge is 0.307 e. The van der Waals surface area contributed by atoms with E-state index in [0.717, 1.165) is 16.0 Å². The van der Waals surface area contributed by atoms with Gasteiger partial charge in [-0.2, -0.15) is 0 Å². The van der Waals surface area contributed by atoms with Crippen LogP contribution in [0.1, 0.15) is 23.1 Å². The van der Waals surface area contributed by atoms with E-state index in [9.17, 15) is 9.59 Å². The number of amides is 1. The summed E-state index contributed by atoms with van der Waals surface area (Å²) in [7, 11) is 0. The summed E-state index contributed by atoms with van der Waals surface area (Å²) < 4.78 is 5.03. The van der Waals surface area contributed by atoms with Crippen LogP contribution in [0, 0.1) is 20.8 Å². The molecule has 0 saturated carbocycles. The molecule has 0 aliphatic heterocycles. The van der Waals surface area contributed by atoms with Crippen molar-refractivity contribution in [2.45, 2.75) is 32.1 Å². The Bertz CT molecular complexity index is 721. The topological polar surface area (TPSA) is 55.4 Å². The molecule has 4 nitrogen and oxygen atoms in total. The summed E-state index contributed by atoms with van der Waals surface area (Å²) in [6.45, 7) is 5.71. The third-order valence-electron chi connectivity index (χ3n) is 3.47. The number of ether oxygens (including phenoxy) is 1. The number of esters is 1. The van der Waals surface area contributed by atoms with Gasteiger partial charge in [0.25, 0.3) is 5.91 Å². The quantitative estimate of drug-likeness (QED) is 0.594. The van der Waals surface area contributed by atoms with E-state index < -0.39 is 0 Å². The maximum absolute atomic E-state index is 11.9. The van der Waals surface area contributed by atoms with Crippen LogP contribution < -0.4 is 5.32 Å². The van der Waals surface area contributed by atoms with Crippen LogP contribution in [0.3, 0.4) is 0 Å². The van der Waals surface area contributed by atoms with Crippen LogP contribution in [0.5, 0.6) is 0 Å². The molecule has 0 spiro atoms. The number of nitrogens with one attached hydrogen (secondary N) is 1. The molecule has 132 valence electrons. The average molecular weight is 357 g/mol. The Hall–Kier alpha value is -2.27. The molecule has 2 aromatic carbocycles. The zero-order valence-electron chi connectivity index (χ0n) is 14.8. The molecular weight excluding hydrogens is 334 g/mol. The molecule has 0 fully saturated rings. The Morgan fingerprint density at radius 1 is 0.960 bits per heavy atom. The molecule has 0 radical (unpaired) electrons. The number of benzene rings is 2. The van der Waals surface area contributed by atoms with Crippen LogP contribution in [0.4, 0.5) is 5.69 Å². The molecule has 0 aliphatic rings. The number of thioether (sulfide) groups is 1. The van der Waals surface area contributed by atoms with Crippen molar-refractivity contribution in [2.75, 3.05) is 17.7 Å². The lowest BCUT2D eigenvalue weighted by atomic mass is 10.1. The summed E-state index contributed by atoms with van der Waals surface area (Å²) in [6.07, 6.45) is 0.273. The number of carbonyl (C=O) groups excluding carboxylic acids is 2. The number of anilines is 1. The second-order valence-corrected chi connectivity index (χ2v) is 7.17. The van der Waals surface area contributed by atoms with E-state index in [-0.39, 0.29) is 24.9 Å². The van der Waals surface area contributed by atoms with Crippen LogP contribution in [-0.4, -0.2) is 24.2 Å². The maximum atomic E-state index is 11.9. The van der Waals surface area contributed by atoms with Gasteiger partial charge in [0, 0.05) is 16.3 Å². The maximum Gasteiger partial charge on any atom is 0.307 e. The fourth-order valence-electron chi connectivity index (χ4n) is 2.35. The lowest BCUT2D eigenvalue weighted by Crippen LogP contribution is -2.21. The van der Waals surface area contributed by atoms with Crippen molar-refractivity contribution in [1.82, 2.24) is 0 Å². The third kappa shape index (κ3) is 7.01. The van der Waals surface area contributed by atoms with Gasteiger partial charge in [0.05, 0.1) is 6.42 Å². The second kappa shape index (κ2) is 9.28. The lowest BCUT2D eigenvalue weighted by Gasteiger charge is -2.08. The van der Waals surface area contributed by atoms with E-state index in [1.54, 1.807) is 11.8 Å². The number of hydrogen-bond donors (Lipinski definition) is 1. The first-order chi connectivity index (χ1) is 11.9. The summed E-state index contributed by atoms with van der Waals surface area (Å²) >= 11 is 1.60. The predicted molar refractivity (Wildman–Crippen MR) is 102 cm³/mol.